The van der Waals surface area contributed by atoms with Gasteiger partial charge in [-0.25, -0.2) is 0 Å². The largest absolute Gasteiger partial charge is 0.497 e. The quantitative estimate of drug-likeness (QED) is 0.519. The van der Waals surface area contributed by atoms with Crippen LogP contribution < -0.4 is 4.74 Å². The summed E-state index contributed by atoms with van der Waals surface area (Å²) in [6, 6.07) is 14.1. The number of aryl methyl sites for hydroxylation is 1. The summed E-state index contributed by atoms with van der Waals surface area (Å²) < 4.78 is 12.9. The molecule has 31 heavy (non-hydrogen) atoms. The minimum atomic E-state index is 0.197. The first-order valence-electron chi connectivity index (χ1n) is 10.8. The molecular weight excluding hydrogens is 390 g/mol. The highest BCUT2D eigenvalue weighted by Gasteiger charge is 2.22. The number of hydrogen-bond acceptors (Lipinski definition) is 5. The number of Topliss-reactive ketones (excluding diaryl/α,β-unsaturated/α-hetero) is 1. The molecule has 4 rings (SSSR count). The molecule has 2 aromatic heterocycles. The van der Waals surface area contributed by atoms with Gasteiger partial charge in [0.2, 0.25) is 0 Å². The monoisotopic (exact) mass is 421 g/mol. The van der Waals surface area contributed by atoms with Crippen LogP contribution in [0.5, 0.6) is 5.75 Å². The summed E-state index contributed by atoms with van der Waals surface area (Å²) in [6.07, 6.45) is 1.68. The van der Waals surface area contributed by atoms with E-state index in [1.54, 1.807) is 13.4 Å². The summed E-state index contributed by atoms with van der Waals surface area (Å²) in [5.74, 6) is 1.98. The van der Waals surface area contributed by atoms with Gasteiger partial charge in [0, 0.05) is 49.7 Å². The molecule has 0 unspecified atom stereocenters. The lowest BCUT2D eigenvalue weighted by Gasteiger charge is -2.34. The summed E-state index contributed by atoms with van der Waals surface area (Å²) in [7, 11) is 1.69. The van der Waals surface area contributed by atoms with Crippen LogP contribution in [-0.2, 0) is 13.1 Å². The summed E-state index contributed by atoms with van der Waals surface area (Å²) in [5, 5.41) is 0. The molecule has 1 aromatic carbocycles. The fourth-order valence-corrected chi connectivity index (χ4v) is 4.27. The first-order chi connectivity index (χ1) is 15.0. The summed E-state index contributed by atoms with van der Waals surface area (Å²) in [5.41, 5.74) is 4.21. The van der Waals surface area contributed by atoms with Gasteiger partial charge >= 0.3 is 0 Å². The normalized spacial score (nSPS) is 15.3. The number of ketones is 1. The Hall–Kier alpha value is -2.83. The number of furan rings is 1. The summed E-state index contributed by atoms with van der Waals surface area (Å²) >= 11 is 0. The Bertz CT molecular complexity index is 998. The van der Waals surface area contributed by atoms with Crippen molar-refractivity contribution in [3.05, 3.63) is 77.0 Å². The maximum Gasteiger partial charge on any atom is 0.178 e. The van der Waals surface area contributed by atoms with Gasteiger partial charge in [-0.15, -0.1) is 0 Å². The minimum Gasteiger partial charge on any atom is -0.497 e. The van der Waals surface area contributed by atoms with Gasteiger partial charge in [-0.3, -0.25) is 14.6 Å². The number of rotatable bonds is 8. The number of aromatic nitrogens is 1. The zero-order chi connectivity index (χ0) is 21.8. The fourth-order valence-electron chi connectivity index (χ4n) is 4.27. The molecule has 0 amide bonds. The first-order valence-corrected chi connectivity index (χ1v) is 10.8. The predicted molar refractivity (Wildman–Crippen MR) is 121 cm³/mol. The van der Waals surface area contributed by atoms with E-state index in [0.29, 0.717) is 13.1 Å². The molecule has 6 heteroatoms. The molecule has 0 aliphatic carbocycles. The SMILES string of the molecule is COc1ccc(CN2CCN(CC(=O)c3cc(C)n(Cc4ccco4)c3C)CC2)cc1. The van der Waals surface area contributed by atoms with E-state index in [9.17, 15) is 4.79 Å². The van der Waals surface area contributed by atoms with Gasteiger partial charge in [-0.2, -0.15) is 0 Å². The standard InChI is InChI=1S/C25H31N3O3/c1-19-15-24(20(2)28(19)17-23-5-4-14-31-23)25(29)18-27-12-10-26(11-13-27)16-21-6-8-22(30-3)9-7-21/h4-9,14-15H,10-13,16-18H2,1-3H3. The van der Waals surface area contributed by atoms with Crippen LogP contribution in [0.3, 0.4) is 0 Å². The van der Waals surface area contributed by atoms with Crippen LogP contribution in [0.4, 0.5) is 0 Å². The number of ether oxygens (including phenoxy) is 1. The molecule has 1 fully saturated rings. The van der Waals surface area contributed by atoms with E-state index in [-0.39, 0.29) is 5.78 Å². The lowest BCUT2D eigenvalue weighted by molar-refractivity contribution is 0.0843. The van der Waals surface area contributed by atoms with E-state index in [1.165, 1.54) is 5.56 Å². The van der Waals surface area contributed by atoms with E-state index in [4.69, 9.17) is 9.15 Å². The van der Waals surface area contributed by atoms with Gasteiger partial charge in [0.15, 0.2) is 5.78 Å². The van der Waals surface area contributed by atoms with Crippen LogP contribution in [0.1, 0.15) is 33.1 Å². The maximum absolute atomic E-state index is 13.0. The van der Waals surface area contributed by atoms with E-state index in [0.717, 1.165) is 61.2 Å². The third-order valence-corrected chi connectivity index (χ3v) is 6.17. The van der Waals surface area contributed by atoms with Crippen molar-refractivity contribution in [1.29, 1.82) is 0 Å². The number of carbonyl (C=O) groups excluding carboxylic acids is 1. The predicted octanol–water partition coefficient (Wildman–Crippen LogP) is 3.76. The maximum atomic E-state index is 13.0. The van der Waals surface area contributed by atoms with Crippen molar-refractivity contribution < 1.29 is 13.9 Å². The Balaban J connectivity index is 1.31. The molecule has 0 N–H and O–H groups in total. The first kappa shape index (κ1) is 21.4. The van der Waals surface area contributed by atoms with Crippen LogP contribution >= 0.6 is 0 Å². The fraction of sp³-hybridized carbons (Fsp3) is 0.400. The van der Waals surface area contributed by atoms with Crippen molar-refractivity contribution in [2.45, 2.75) is 26.9 Å². The van der Waals surface area contributed by atoms with Gasteiger partial charge in [-0.05, 0) is 49.7 Å². The van der Waals surface area contributed by atoms with Crippen molar-refractivity contribution in [1.82, 2.24) is 14.4 Å². The highest BCUT2D eigenvalue weighted by atomic mass is 16.5. The van der Waals surface area contributed by atoms with E-state index < -0.39 is 0 Å². The molecule has 6 nitrogen and oxygen atoms in total. The molecule has 3 aromatic rings. The number of piperazine rings is 1. The Morgan fingerprint density at radius 2 is 1.71 bits per heavy atom. The topological polar surface area (TPSA) is 50.9 Å². The van der Waals surface area contributed by atoms with Crippen LogP contribution in [0, 0.1) is 13.8 Å². The van der Waals surface area contributed by atoms with Crippen molar-refractivity contribution in [2.75, 3.05) is 39.8 Å². The van der Waals surface area contributed by atoms with Gasteiger partial charge in [0.05, 0.1) is 26.5 Å². The second kappa shape index (κ2) is 9.54. The second-order valence-electron chi connectivity index (χ2n) is 8.27. The summed E-state index contributed by atoms with van der Waals surface area (Å²) in [6.45, 7) is 9.89. The summed E-state index contributed by atoms with van der Waals surface area (Å²) in [4.78, 5) is 17.7. The van der Waals surface area contributed by atoms with Gasteiger partial charge < -0.3 is 13.7 Å². The molecule has 1 aliphatic rings. The van der Waals surface area contributed by atoms with Crippen LogP contribution in [0.25, 0.3) is 0 Å². The smallest absolute Gasteiger partial charge is 0.178 e. The Morgan fingerprint density at radius 1 is 1.00 bits per heavy atom. The van der Waals surface area contributed by atoms with Crippen molar-refractivity contribution in [2.24, 2.45) is 0 Å². The number of methoxy groups -OCH3 is 1. The van der Waals surface area contributed by atoms with Crippen LogP contribution in [-0.4, -0.2) is 60.0 Å². The molecule has 3 heterocycles. The number of carbonyl (C=O) groups is 1. The van der Waals surface area contributed by atoms with Gasteiger partial charge in [0.1, 0.15) is 11.5 Å². The molecule has 164 valence electrons. The average Bonchev–Trinajstić information content (AvgIpc) is 3.39. The molecule has 0 spiro atoms. The highest BCUT2D eigenvalue weighted by Crippen LogP contribution is 2.19. The number of benzene rings is 1. The molecule has 0 radical (unpaired) electrons. The lowest BCUT2D eigenvalue weighted by Crippen LogP contribution is -2.47. The highest BCUT2D eigenvalue weighted by molar-refractivity contribution is 5.99. The van der Waals surface area contributed by atoms with Crippen molar-refractivity contribution in [3.63, 3.8) is 0 Å². The Labute approximate surface area is 184 Å². The molecule has 0 bridgehead atoms. The van der Waals surface area contributed by atoms with Crippen LogP contribution in [0.15, 0.2) is 53.1 Å². The lowest BCUT2D eigenvalue weighted by atomic mass is 10.1. The molecule has 1 saturated heterocycles. The van der Waals surface area contributed by atoms with Crippen molar-refractivity contribution >= 4 is 5.78 Å². The van der Waals surface area contributed by atoms with Crippen LogP contribution in [0.2, 0.25) is 0 Å². The molecule has 0 saturated carbocycles. The van der Waals surface area contributed by atoms with E-state index >= 15 is 0 Å². The third kappa shape index (κ3) is 5.09. The van der Waals surface area contributed by atoms with E-state index in [1.807, 2.05) is 44.2 Å². The van der Waals surface area contributed by atoms with Gasteiger partial charge in [0.25, 0.3) is 0 Å². The third-order valence-electron chi connectivity index (χ3n) is 6.17. The Morgan fingerprint density at radius 3 is 2.35 bits per heavy atom. The molecule has 0 atom stereocenters. The number of nitrogens with zero attached hydrogens (tertiary/aromatic N) is 3. The van der Waals surface area contributed by atoms with Crippen molar-refractivity contribution in [3.8, 4) is 5.75 Å². The van der Waals surface area contributed by atoms with E-state index in [2.05, 4.69) is 26.5 Å². The Kier molecular flexibility index (Phi) is 6.59. The zero-order valence-corrected chi connectivity index (χ0v) is 18.6. The number of hydrogen-bond donors (Lipinski definition) is 0. The minimum absolute atomic E-state index is 0.197. The second-order valence-corrected chi connectivity index (χ2v) is 8.27. The molecular formula is C25H31N3O3. The average molecular weight is 422 g/mol. The zero-order valence-electron chi connectivity index (χ0n) is 18.6. The molecule has 1 aliphatic heterocycles. The van der Waals surface area contributed by atoms with Gasteiger partial charge in [-0.1, -0.05) is 12.1 Å².